The standard InChI is InChI=1S/C14H22N2O2/c1-4-16(5-2)14(17)9-7-11-6-8-13(18-3)12(15)10-11/h6,8,10H,4-5,7,9,15H2,1-3H3. The van der Waals surface area contributed by atoms with Gasteiger partial charge in [0.15, 0.2) is 0 Å². The van der Waals surface area contributed by atoms with Crippen molar-refractivity contribution < 1.29 is 9.53 Å². The van der Waals surface area contributed by atoms with E-state index in [4.69, 9.17) is 10.5 Å². The molecule has 0 fully saturated rings. The number of benzene rings is 1. The molecule has 0 aliphatic heterocycles. The number of amides is 1. The summed E-state index contributed by atoms with van der Waals surface area (Å²) in [6.07, 6.45) is 1.23. The van der Waals surface area contributed by atoms with Crippen LogP contribution in [0.1, 0.15) is 25.8 Å². The fraction of sp³-hybridized carbons (Fsp3) is 0.500. The van der Waals surface area contributed by atoms with Crippen LogP contribution in [0.3, 0.4) is 0 Å². The lowest BCUT2D eigenvalue weighted by atomic mass is 10.1. The van der Waals surface area contributed by atoms with Crippen molar-refractivity contribution >= 4 is 11.6 Å². The molecule has 0 atom stereocenters. The van der Waals surface area contributed by atoms with Crippen LogP contribution in [0.4, 0.5) is 5.69 Å². The van der Waals surface area contributed by atoms with Gasteiger partial charge in [-0.05, 0) is 38.0 Å². The van der Waals surface area contributed by atoms with Crippen molar-refractivity contribution in [3.05, 3.63) is 23.8 Å². The highest BCUT2D eigenvalue weighted by Gasteiger charge is 2.09. The highest BCUT2D eigenvalue weighted by atomic mass is 16.5. The number of rotatable bonds is 6. The Morgan fingerprint density at radius 1 is 1.33 bits per heavy atom. The lowest BCUT2D eigenvalue weighted by Crippen LogP contribution is -2.30. The molecule has 4 nitrogen and oxygen atoms in total. The zero-order valence-corrected chi connectivity index (χ0v) is 11.4. The average Bonchev–Trinajstić information content (AvgIpc) is 2.38. The summed E-state index contributed by atoms with van der Waals surface area (Å²) in [5.74, 6) is 0.864. The Kier molecular flexibility index (Phi) is 5.49. The quantitative estimate of drug-likeness (QED) is 0.786. The van der Waals surface area contributed by atoms with Gasteiger partial charge in [0, 0.05) is 19.5 Å². The maximum absolute atomic E-state index is 11.9. The summed E-state index contributed by atoms with van der Waals surface area (Å²) in [7, 11) is 1.59. The van der Waals surface area contributed by atoms with Gasteiger partial charge in [0.25, 0.3) is 0 Å². The highest BCUT2D eigenvalue weighted by Crippen LogP contribution is 2.22. The average molecular weight is 250 g/mol. The van der Waals surface area contributed by atoms with E-state index >= 15 is 0 Å². The number of nitrogens with zero attached hydrogens (tertiary/aromatic N) is 1. The van der Waals surface area contributed by atoms with E-state index in [1.807, 2.05) is 36.9 Å². The lowest BCUT2D eigenvalue weighted by molar-refractivity contribution is -0.130. The van der Waals surface area contributed by atoms with E-state index in [0.29, 0.717) is 24.3 Å². The number of methoxy groups -OCH3 is 1. The van der Waals surface area contributed by atoms with Gasteiger partial charge in [-0.2, -0.15) is 0 Å². The third-order valence-corrected chi connectivity index (χ3v) is 3.04. The molecular formula is C14H22N2O2. The number of nitrogen functional groups attached to an aromatic ring is 1. The third-order valence-electron chi connectivity index (χ3n) is 3.04. The van der Waals surface area contributed by atoms with E-state index in [-0.39, 0.29) is 5.91 Å². The van der Waals surface area contributed by atoms with Gasteiger partial charge >= 0.3 is 0 Å². The van der Waals surface area contributed by atoms with Crippen molar-refractivity contribution in [3.8, 4) is 5.75 Å². The highest BCUT2D eigenvalue weighted by molar-refractivity contribution is 5.76. The molecule has 4 heteroatoms. The van der Waals surface area contributed by atoms with Crippen molar-refractivity contribution in [3.63, 3.8) is 0 Å². The number of hydrogen-bond acceptors (Lipinski definition) is 3. The van der Waals surface area contributed by atoms with Crippen molar-refractivity contribution in [2.45, 2.75) is 26.7 Å². The summed E-state index contributed by atoms with van der Waals surface area (Å²) in [5.41, 5.74) is 7.51. The van der Waals surface area contributed by atoms with Crippen LogP contribution in [0.25, 0.3) is 0 Å². The molecular weight excluding hydrogens is 228 g/mol. The molecule has 0 saturated heterocycles. The maximum Gasteiger partial charge on any atom is 0.222 e. The normalized spacial score (nSPS) is 10.2. The zero-order chi connectivity index (χ0) is 13.5. The zero-order valence-electron chi connectivity index (χ0n) is 11.4. The van der Waals surface area contributed by atoms with Crippen molar-refractivity contribution in [2.24, 2.45) is 0 Å². The summed E-state index contributed by atoms with van der Waals surface area (Å²) in [6, 6.07) is 5.66. The van der Waals surface area contributed by atoms with Gasteiger partial charge in [0.2, 0.25) is 5.91 Å². The molecule has 0 aromatic heterocycles. The predicted octanol–water partition coefficient (Wildman–Crippen LogP) is 2.08. The molecule has 100 valence electrons. The molecule has 1 amide bonds. The maximum atomic E-state index is 11.9. The van der Waals surface area contributed by atoms with Gasteiger partial charge in [0.05, 0.1) is 12.8 Å². The lowest BCUT2D eigenvalue weighted by Gasteiger charge is -2.18. The van der Waals surface area contributed by atoms with E-state index in [1.165, 1.54) is 0 Å². The summed E-state index contributed by atoms with van der Waals surface area (Å²) >= 11 is 0. The SMILES string of the molecule is CCN(CC)C(=O)CCc1ccc(OC)c(N)c1. The molecule has 1 rings (SSSR count). The smallest absolute Gasteiger partial charge is 0.222 e. The molecule has 1 aromatic carbocycles. The Balaban J connectivity index is 2.58. The molecule has 0 radical (unpaired) electrons. The molecule has 0 unspecified atom stereocenters. The molecule has 0 heterocycles. The minimum absolute atomic E-state index is 0.189. The number of carbonyl (C=O) groups is 1. The number of nitrogens with two attached hydrogens (primary N) is 1. The van der Waals surface area contributed by atoms with Crippen molar-refractivity contribution in [1.82, 2.24) is 4.90 Å². The van der Waals surface area contributed by atoms with Crippen LogP contribution >= 0.6 is 0 Å². The first kappa shape index (κ1) is 14.4. The van der Waals surface area contributed by atoms with Crippen LogP contribution in [0.15, 0.2) is 18.2 Å². The van der Waals surface area contributed by atoms with Gasteiger partial charge in [-0.15, -0.1) is 0 Å². The summed E-state index contributed by atoms with van der Waals surface area (Å²) in [5, 5.41) is 0. The Hall–Kier alpha value is -1.71. The van der Waals surface area contributed by atoms with Gasteiger partial charge in [-0.1, -0.05) is 6.07 Å². The molecule has 18 heavy (non-hydrogen) atoms. The summed E-state index contributed by atoms with van der Waals surface area (Å²) < 4.78 is 5.10. The summed E-state index contributed by atoms with van der Waals surface area (Å²) in [6.45, 7) is 5.51. The second-order valence-electron chi connectivity index (χ2n) is 4.14. The second kappa shape index (κ2) is 6.89. The monoisotopic (exact) mass is 250 g/mol. The van der Waals surface area contributed by atoms with E-state index in [9.17, 15) is 4.79 Å². The number of hydrogen-bond donors (Lipinski definition) is 1. The Morgan fingerprint density at radius 2 is 2.00 bits per heavy atom. The van der Waals surface area contributed by atoms with Gasteiger partial charge in [0.1, 0.15) is 5.75 Å². The minimum atomic E-state index is 0.189. The van der Waals surface area contributed by atoms with E-state index in [2.05, 4.69) is 0 Å². The predicted molar refractivity (Wildman–Crippen MR) is 73.7 cm³/mol. The van der Waals surface area contributed by atoms with Crippen LogP contribution in [0.5, 0.6) is 5.75 Å². The molecule has 0 aliphatic carbocycles. The van der Waals surface area contributed by atoms with E-state index in [1.54, 1.807) is 7.11 Å². The molecule has 0 aliphatic rings. The van der Waals surface area contributed by atoms with Crippen LogP contribution < -0.4 is 10.5 Å². The van der Waals surface area contributed by atoms with Crippen molar-refractivity contribution in [2.75, 3.05) is 25.9 Å². The largest absolute Gasteiger partial charge is 0.495 e. The fourth-order valence-corrected chi connectivity index (χ4v) is 1.93. The van der Waals surface area contributed by atoms with Gasteiger partial charge < -0.3 is 15.4 Å². The Labute approximate surface area is 109 Å². The van der Waals surface area contributed by atoms with E-state index in [0.717, 1.165) is 18.7 Å². The first-order chi connectivity index (χ1) is 8.62. The molecule has 0 bridgehead atoms. The van der Waals surface area contributed by atoms with Crippen LogP contribution in [-0.4, -0.2) is 31.0 Å². The van der Waals surface area contributed by atoms with Crippen LogP contribution in [0, 0.1) is 0 Å². The first-order valence-electron chi connectivity index (χ1n) is 6.32. The Morgan fingerprint density at radius 3 is 2.50 bits per heavy atom. The van der Waals surface area contributed by atoms with E-state index < -0.39 is 0 Å². The Bertz CT molecular complexity index is 401. The van der Waals surface area contributed by atoms with Crippen LogP contribution in [0.2, 0.25) is 0 Å². The molecule has 1 aromatic rings. The van der Waals surface area contributed by atoms with Gasteiger partial charge in [-0.3, -0.25) is 4.79 Å². The summed E-state index contributed by atoms with van der Waals surface area (Å²) in [4.78, 5) is 13.7. The topological polar surface area (TPSA) is 55.6 Å². The number of ether oxygens (including phenoxy) is 1. The number of carbonyl (C=O) groups excluding carboxylic acids is 1. The molecule has 0 saturated carbocycles. The molecule has 0 spiro atoms. The fourth-order valence-electron chi connectivity index (χ4n) is 1.93. The third kappa shape index (κ3) is 3.65. The minimum Gasteiger partial charge on any atom is -0.495 e. The second-order valence-corrected chi connectivity index (χ2v) is 4.14. The molecule has 2 N–H and O–H groups in total. The van der Waals surface area contributed by atoms with Crippen LogP contribution in [-0.2, 0) is 11.2 Å². The first-order valence-corrected chi connectivity index (χ1v) is 6.32. The number of anilines is 1. The number of aryl methyl sites for hydroxylation is 1. The van der Waals surface area contributed by atoms with Gasteiger partial charge in [-0.25, -0.2) is 0 Å². The van der Waals surface area contributed by atoms with Crippen molar-refractivity contribution in [1.29, 1.82) is 0 Å².